The molecule has 0 spiro atoms. The summed E-state index contributed by atoms with van der Waals surface area (Å²) in [6.07, 6.45) is 0. The van der Waals surface area contributed by atoms with E-state index in [9.17, 15) is 12.6 Å². The van der Waals surface area contributed by atoms with E-state index >= 15 is 4.39 Å². The SMILES string of the molecule is Cc1ccc(S(=O)(=O)N=[S@@](=O)(c2ccccc2)[C@@H](F)c2ccccc2Br)cc1. The molecule has 0 fully saturated rings. The first-order valence-corrected chi connectivity index (χ1v) is 12.1. The maximum atomic E-state index is 15.6. The monoisotopic (exact) mass is 481 g/mol. The molecule has 0 aromatic heterocycles. The molecule has 3 aromatic rings. The molecule has 8 heteroatoms. The van der Waals surface area contributed by atoms with Crippen LogP contribution in [0.4, 0.5) is 4.39 Å². The van der Waals surface area contributed by atoms with E-state index in [4.69, 9.17) is 0 Å². The Morgan fingerprint density at radius 1 is 0.821 bits per heavy atom. The molecule has 3 aromatic carbocycles. The molecule has 28 heavy (non-hydrogen) atoms. The highest BCUT2D eigenvalue weighted by molar-refractivity contribution is 9.10. The van der Waals surface area contributed by atoms with Gasteiger partial charge in [-0.25, -0.2) is 8.60 Å². The van der Waals surface area contributed by atoms with Crippen molar-refractivity contribution in [3.63, 3.8) is 0 Å². The van der Waals surface area contributed by atoms with E-state index in [1.54, 1.807) is 48.5 Å². The van der Waals surface area contributed by atoms with Gasteiger partial charge in [-0.15, -0.1) is 0 Å². The van der Waals surface area contributed by atoms with Gasteiger partial charge in [-0.1, -0.05) is 73.8 Å². The summed E-state index contributed by atoms with van der Waals surface area (Å²) in [7, 11) is -8.35. The lowest BCUT2D eigenvalue weighted by molar-refractivity contribution is 0.449. The Kier molecular flexibility index (Phi) is 6.02. The minimum Gasteiger partial charge on any atom is -0.240 e. The average molecular weight is 482 g/mol. The third kappa shape index (κ3) is 4.19. The highest BCUT2D eigenvalue weighted by Gasteiger charge is 2.31. The molecule has 0 bridgehead atoms. The fourth-order valence-electron chi connectivity index (χ4n) is 2.55. The molecule has 146 valence electrons. The van der Waals surface area contributed by atoms with Crippen LogP contribution in [-0.2, 0) is 19.8 Å². The fraction of sp³-hybridized carbons (Fsp3) is 0.100. The van der Waals surface area contributed by atoms with Gasteiger partial charge in [0.25, 0.3) is 10.0 Å². The Morgan fingerprint density at radius 2 is 1.39 bits per heavy atom. The third-order valence-corrected chi connectivity index (χ3v) is 9.06. The van der Waals surface area contributed by atoms with Crippen LogP contribution in [0.25, 0.3) is 0 Å². The van der Waals surface area contributed by atoms with Crippen molar-refractivity contribution < 1.29 is 17.0 Å². The lowest BCUT2D eigenvalue weighted by Crippen LogP contribution is -2.13. The maximum absolute atomic E-state index is 15.6. The zero-order chi connectivity index (χ0) is 20.4. The molecule has 0 aliphatic carbocycles. The van der Waals surface area contributed by atoms with Gasteiger partial charge in [0.05, 0.1) is 9.79 Å². The molecule has 4 nitrogen and oxygen atoms in total. The van der Waals surface area contributed by atoms with Gasteiger partial charge in [0, 0.05) is 10.0 Å². The third-order valence-electron chi connectivity index (χ3n) is 4.04. The van der Waals surface area contributed by atoms with Gasteiger partial charge in [-0.3, -0.25) is 0 Å². The number of rotatable bonds is 5. The molecule has 0 heterocycles. The first-order chi connectivity index (χ1) is 13.2. The number of sulfonamides is 1. The highest BCUT2D eigenvalue weighted by Crippen LogP contribution is 2.37. The molecular formula is C20H17BrFNO3S2. The first kappa shape index (κ1) is 20.7. The van der Waals surface area contributed by atoms with Crippen molar-refractivity contribution >= 4 is 35.7 Å². The van der Waals surface area contributed by atoms with E-state index in [1.807, 2.05) is 6.92 Å². The second-order valence-corrected chi connectivity index (χ2v) is 11.0. The molecule has 0 unspecified atom stereocenters. The van der Waals surface area contributed by atoms with Crippen LogP contribution in [0.2, 0.25) is 0 Å². The number of aryl methyl sites for hydroxylation is 1. The zero-order valence-corrected chi connectivity index (χ0v) is 18.0. The summed E-state index contributed by atoms with van der Waals surface area (Å²) in [5.74, 6) is 0. The van der Waals surface area contributed by atoms with Crippen molar-refractivity contribution in [2.45, 2.75) is 22.2 Å². The Labute approximate surface area is 172 Å². The highest BCUT2D eigenvalue weighted by atomic mass is 79.9. The van der Waals surface area contributed by atoms with Crippen molar-refractivity contribution in [3.05, 3.63) is 94.5 Å². The van der Waals surface area contributed by atoms with E-state index in [0.717, 1.165) is 5.56 Å². The van der Waals surface area contributed by atoms with Gasteiger partial charge in [0.2, 0.25) is 5.50 Å². The van der Waals surface area contributed by atoms with E-state index in [2.05, 4.69) is 19.7 Å². The van der Waals surface area contributed by atoms with Crippen molar-refractivity contribution in [2.24, 2.45) is 3.77 Å². The molecule has 0 N–H and O–H groups in total. The molecule has 0 radical (unpaired) electrons. The molecule has 0 aliphatic heterocycles. The van der Waals surface area contributed by atoms with Crippen LogP contribution >= 0.6 is 15.9 Å². The van der Waals surface area contributed by atoms with Gasteiger partial charge < -0.3 is 0 Å². The number of alkyl halides is 1. The molecule has 2 atom stereocenters. The second kappa shape index (κ2) is 8.14. The smallest absolute Gasteiger partial charge is 0.240 e. The van der Waals surface area contributed by atoms with Crippen LogP contribution < -0.4 is 0 Å². The Hall–Kier alpha value is -2.03. The average Bonchev–Trinajstić information content (AvgIpc) is 2.68. The Bertz CT molecular complexity index is 1200. The zero-order valence-electron chi connectivity index (χ0n) is 14.8. The van der Waals surface area contributed by atoms with Crippen LogP contribution in [0.1, 0.15) is 16.6 Å². The van der Waals surface area contributed by atoms with Crippen LogP contribution in [0.3, 0.4) is 0 Å². The van der Waals surface area contributed by atoms with Gasteiger partial charge in [-0.2, -0.15) is 8.42 Å². The molecule has 0 saturated heterocycles. The van der Waals surface area contributed by atoms with Crippen molar-refractivity contribution in [1.29, 1.82) is 0 Å². The number of halogens is 2. The van der Waals surface area contributed by atoms with Gasteiger partial charge >= 0.3 is 0 Å². The predicted octanol–water partition coefficient (Wildman–Crippen LogP) is 5.64. The van der Waals surface area contributed by atoms with Gasteiger partial charge in [0.1, 0.15) is 9.73 Å². The number of benzene rings is 3. The van der Waals surface area contributed by atoms with Crippen molar-refractivity contribution in [2.75, 3.05) is 0 Å². The summed E-state index contributed by atoms with van der Waals surface area (Å²) >= 11 is 3.24. The van der Waals surface area contributed by atoms with Crippen LogP contribution in [0.15, 0.2) is 96.9 Å². The minimum atomic E-state index is -4.35. The van der Waals surface area contributed by atoms with Gasteiger partial charge in [-0.05, 0) is 37.3 Å². The first-order valence-electron chi connectivity index (χ1n) is 8.26. The van der Waals surface area contributed by atoms with E-state index in [-0.39, 0.29) is 15.4 Å². The normalized spacial score (nSPS) is 14.8. The topological polar surface area (TPSA) is 63.6 Å². The summed E-state index contributed by atoms with van der Waals surface area (Å²) in [5, 5.41) is 0. The lowest BCUT2D eigenvalue weighted by Gasteiger charge is -2.17. The Morgan fingerprint density at radius 3 is 2.00 bits per heavy atom. The summed E-state index contributed by atoms with van der Waals surface area (Å²) in [5.41, 5.74) is -1.22. The summed E-state index contributed by atoms with van der Waals surface area (Å²) in [6, 6.07) is 19.9. The Balaban J connectivity index is 2.26. The summed E-state index contributed by atoms with van der Waals surface area (Å²) < 4.78 is 59.0. The van der Waals surface area contributed by atoms with E-state index < -0.39 is 25.3 Å². The number of hydrogen-bond donors (Lipinski definition) is 0. The standard InChI is InChI=1S/C20H17BrFNO3S2/c1-15-11-13-17(14-12-15)28(25,26)23-27(24,16-7-3-2-4-8-16)20(22)18-9-5-6-10-19(18)21/h2-14,20H,1H3/t20-,27-/m1/s1. The fourth-order valence-corrected chi connectivity index (χ4v) is 7.16. The maximum Gasteiger partial charge on any atom is 0.290 e. The largest absolute Gasteiger partial charge is 0.290 e. The quantitative estimate of drug-likeness (QED) is 0.473. The van der Waals surface area contributed by atoms with Crippen molar-refractivity contribution in [1.82, 2.24) is 0 Å². The summed E-state index contributed by atoms with van der Waals surface area (Å²) in [6.45, 7) is 1.81. The molecule has 3 rings (SSSR count). The minimum absolute atomic E-state index is 0.00828. The molecule has 0 amide bonds. The van der Waals surface area contributed by atoms with Crippen LogP contribution in [0.5, 0.6) is 0 Å². The van der Waals surface area contributed by atoms with E-state index in [1.165, 1.54) is 30.3 Å². The molecule has 0 saturated carbocycles. The molecule has 0 aliphatic rings. The second-order valence-electron chi connectivity index (χ2n) is 6.08. The van der Waals surface area contributed by atoms with Gasteiger partial charge in [0.15, 0.2) is 0 Å². The van der Waals surface area contributed by atoms with E-state index in [0.29, 0.717) is 4.47 Å². The predicted molar refractivity (Wildman–Crippen MR) is 112 cm³/mol. The number of hydrogen-bond acceptors (Lipinski definition) is 3. The van der Waals surface area contributed by atoms with Crippen LogP contribution in [0, 0.1) is 6.92 Å². The number of nitrogens with zero attached hydrogens (tertiary/aromatic N) is 1. The van der Waals surface area contributed by atoms with Crippen molar-refractivity contribution in [3.8, 4) is 0 Å². The summed E-state index contributed by atoms with van der Waals surface area (Å²) in [4.78, 5) is -0.130. The lowest BCUT2D eigenvalue weighted by atomic mass is 10.2. The van der Waals surface area contributed by atoms with Crippen LogP contribution in [-0.4, -0.2) is 12.6 Å². The molecular weight excluding hydrogens is 465 g/mol.